The highest BCUT2D eigenvalue weighted by Gasteiger charge is 2.40. The Morgan fingerprint density at radius 3 is 2.07 bits per heavy atom. The van der Waals surface area contributed by atoms with Crippen LogP contribution in [0.3, 0.4) is 0 Å². The second-order valence-electron chi connectivity index (χ2n) is 7.48. The quantitative estimate of drug-likeness (QED) is 0.617. The smallest absolute Gasteiger partial charge is 0.282 e. The SMILES string of the molecule is Cc1ccc(NC2=C(c3ccc(F)cc3)C(=O)N(c3cc(C)ccc3C)C2=O)cc1. The van der Waals surface area contributed by atoms with Gasteiger partial charge in [-0.25, -0.2) is 9.29 Å². The molecule has 30 heavy (non-hydrogen) atoms. The Morgan fingerprint density at radius 2 is 1.40 bits per heavy atom. The number of rotatable bonds is 4. The highest BCUT2D eigenvalue weighted by atomic mass is 19.1. The summed E-state index contributed by atoms with van der Waals surface area (Å²) in [5, 5.41) is 3.12. The van der Waals surface area contributed by atoms with Gasteiger partial charge in [0.2, 0.25) is 0 Å². The van der Waals surface area contributed by atoms with E-state index in [1.807, 2.05) is 63.2 Å². The zero-order valence-corrected chi connectivity index (χ0v) is 17.0. The van der Waals surface area contributed by atoms with Crippen LogP contribution in [0.1, 0.15) is 22.3 Å². The lowest BCUT2D eigenvalue weighted by atomic mass is 10.0. The minimum absolute atomic E-state index is 0.177. The first-order chi connectivity index (χ1) is 14.3. The normalized spacial score (nSPS) is 13.9. The molecule has 4 rings (SSSR count). The molecule has 1 aliphatic rings. The second kappa shape index (κ2) is 7.59. The summed E-state index contributed by atoms with van der Waals surface area (Å²) < 4.78 is 13.5. The Morgan fingerprint density at radius 1 is 0.767 bits per heavy atom. The van der Waals surface area contributed by atoms with Gasteiger partial charge in [-0.1, -0.05) is 42.0 Å². The molecular formula is C25H21FN2O2. The lowest BCUT2D eigenvalue weighted by Crippen LogP contribution is -2.33. The maximum absolute atomic E-state index is 13.5. The standard InChI is InChI=1S/C25H21FN2O2/c1-15-5-12-20(13-6-15)27-23-22(18-8-10-19(26)11-9-18)24(29)28(25(23)30)21-14-16(2)4-7-17(21)3/h4-14,27H,1-3H3. The van der Waals surface area contributed by atoms with Crippen LogP contribution in [0.25, 0.3) is 5.57 Å². The zero-order chi connectivity index (χ0) is 21.4. The number of nitrogens with one attached hydrogen (secondary N) is 1. The van der Waals surface area contributed by atoms with Crippen molar-refractivity contribution in [2.75, 3.05) is 10.2 Å². The van der Waals surface area contributed by atoms with Crippen molar-refractivity contribution in [3.8, 4) is 0 Å². The number of hydrogen-bond donors (Lipinski definition) is 1. The zero-order valence-electron chi connectivity index (χ0n) is 17.0. The number of carbonyl (C=O) groups excluding carboxylic acids is 2. The predicted molar refractivity (Wildman–Crippen MR) is 117 cm³/mol. The highest BCUT2D eigenvalue weighted by Crippen LogP contribution is 2.35. The number of halogens is 1. The van der Waals surface area contributed by atoms with E-state index in [9.17, 15) is 14.0 Å². The molecule has 0 unspecified atom stereocenters. The minimum atomic E-state index is -0.436. The fourth-order valence-corrected chi connectivity index (χ4v) is 3.49. The molecule has 0 aliphatic carbocycles. The van der Waals surface area contributed by atoms with Gasteiger partial charge in [0, 0.05) is 5.69 Å². The van der Waals surface area contributed by atoms with Crippen molar-refractivity contribution in [3.05, 3.63) is 100 Å². The third-order valence-electron chi connectivity index (χ3n) is 5.14. The van der Waals surface area contributed by atoms with Crippen LogP contribution in [0.15, 0.2) is 72.4 Å². The summed E-state index contributed by atoms with van der Waals surface area (Å²) in [6.07, 6.45) is 0. The largest absolute Gasteiger partial charge is 0.350 e. The van der Waals surface area contributed by atoms with Crippen LogP contribution < -0.4 is 10.2 Å². The van der Waals surface area contributed by atoms with Crippen molar-refractivity contribution in [2.24, 2.45) is 0 Å². The summed E-state index contributed by atoms with van der Waals surface area (Å²) in [5.74, 6) is -1.28. The molecule has 0 spiro atoms. The van der Waals surface area contributed by atoms with Crippen molar-refractivity contribution < 1.29 is 14.0 Å². The summed E-state index contributed by atoms with van der Waals surface area (Å²) in [4.78, 5) is 28.0. The number of nitrogens with zero attached hydrogens (tertiary/aromatic N) is 1. The monoisotopic (exact) mass is 400 g/mol. The van der Waals surface area contributed by atoms with E-state index in [0.29, 0.717) is 16.9 Å². The van der Waals surface area contributed by atoms with E-state index in [1.54, 1.807) is 0 Å². The van der Waals surface area contributed by atoms with Gasteiger partial charge in [-0.15, -0.1) is 0 Å². The second-order valence-corrected chi connectivity index (χ2v) is 7.48. The van der Waals surface area contributed by atoms with Gasteiger partial charge in [-0.3, -0.25) is 9.59 Å². The third-order valence-corrected chi connectivity index (χ3v) is 5.14. The fraction of sp³-hybridized carbons (Fsp3) is 0.120. The van der Waals surface area contributed by atoms with Crippen LogP contribution in [0.5, 0.6) is 0 Å². The Kier molecular flexibility index (Phi) is 4.96. The van der Waals surface area contributed by atoms with E-state index >= 15 is 0 Å². The van der Waals surface area contributed by atoms with Gasteiger partial charge in [0.25, 0.3) is 11.8 Å². The molecule has 2 amide bonds. The summed E-state index contributed by atoms with van der Waals surface area (Å²) in [6, 6.07) is 18.8. The number of imide groups is 1. The van der Waals surface area contributed by atoms with Crippen LogP contribution in [-0.2, 0) is 9.59 Å². The average Bonchev–Trinajstić information content (AvgIpc) is 2.96. The summed E-state index contributed by atoms with van der Waals surface area (Å²) >= 11 is 0. The molecule has 0 radical (unpaired) electrons. The summed E-state index contributed by atoms with van der Waals surface area (Å²) in [6.45, 7) is 5.74. The number of hydrogen-bond acceptors (Lipinski definition) is 3. The van der Waals surface area contributed by atoms with E-state index in [1.165, 1.54) is 29.2 Å². The maximum Gasteiger partial charge on any atom is 0.282 e. The number of amides is 2. The molecule has 1 N–H and O–H groups in total. The number of anilines is 2. The molecule has 3 aromatic rings. The molecule has 0 aromatic heterocycles. The average molecular weight is 400 g/mol. The van der Waals surface area contributed by atoms with Gasteiger partial charge in [0.15, 0.2) is 0 Å². The molecule has 4 nitrogen and oxygen atoms in total. The van der Waals surface area contributed by atoms with E-state index in [4.69, 9.17) is 0 Å². The number of benzene rings is 3. The van der Waals surface area contributed by atoms with Crippen molar-refractivity contribution >= 4 is 28.8 Å². The van der Waals surface area contributed by atoms with Gasteiger partial charge < -0.3 is 5.32 Å². The topological polar surface area (TPSA) is 49.4 Å². The van der Waals surface area contributed by atoms with Gasteiger partial charge >= 0.3 is 0 Å². The lowest BCUT2D eigenvalue weighted by molar-refractivity contribution is -0.120. The molecular weight excluding hydrogens is 379 g/mol. The molecule has 3 aromatic carbocycles. The maximum atomic E-state index is 13.5. The Bertz CT molecular complexity index is 1180. The minimum Gasteiger partial charge on any atom is -0.350 e. The molecule has 0 fully saturated rings. The van der Waals surface area contributed by atoms with Crippen LogP contribution in [-0.4, -0.2) is 11.8 Å². The first-order valence-electron chi connectivity index (χ1n) is 9.65. The Balaban J connectivity index is 1.84. The molecule has 0 bridgehead atoms. The fourth-order valence-electron chi connectivity index (χ4n) is 3.49. The van der Waals surface area contributed by atoms with Crippen LogP contribution in [0.4, 0.5) is 15.8 Å². The van der Waals surface area contributed by atoms with Crippen LogP contribution in [0, 0.1) is 26.6 Å². The molecule has 0 saturated carbocycles. The molecule has 0 atom stereocenters. The summed E-state index contributed by atoms with van der Waals surface area (Å²) in [7, 11) is 0. The van der Waals surface area contributed by atoms with Gasteiger partial charge in [-0.2, -0.15) is 0 Å². The predicted octanol–water partition coefficient (Wildman–Crippen LogP) is 5.15. The van der Waals surface area contributed by atoms with Crippen molar-refractivity contribution in [1.82, 2.24) is 0 Å². The number of carbonyl (C=O) groups is 2. The molecule has 5 heteroatoms. The van der Waals surface area contributed by atoms with Crippen molar-refractivity contribution in [1.29, 1.82) is 0 Å². The van der Waals surface area contributed by atoms with E-state index in [2.05, 4.69) is 5.32 Å². The first-order valence-corrected chi connectivity index (χ1v) is 9.65. The van der Waals surface area contributed by atoms with Gasteiger partial charge in [0.05, 0.1) is 11.3 Å². The Hall–Kier alpha value is -3.73. The van der Waals surface area contributed by atoms with Gasteiger partial charge in [0.1, 0.15) is 11.5 Å². The van der Waals surface area contributed by atoms with Crippen LogP contribution in [0.2, 0.25) is 0 Å². The molecule has 0 saturated heterocycles. The third kappa shape index (κ3) is 3.50. The molecule has 1 heterocycles. The van der Waals surface area contributed by atoms with Gasteiger partial charge in [-0.05, 0) is 67.8 Å². The number of aryl methyl sites for hydroxylation is 3. The highest BCUT2D eigenvalue weighted by molar-refractivity contribution is 6.46. The lowest BCUT2D eigenvalue weighted by Gasteiger charge is -2.18. The van der Waals surface area contributed by atoms with Crippen molar-refractivity contribution in [3.63, 3.8) is 0 Å². The summed E-state index contributed by atoms with van der Waals surface area (Å²) in [5.41, 5.74) is 4.97. The molecule has 1 aliphatic heterocycles. The van der Waals surface area contributed by atoms with Crippen molar-refractivity contribution in [2.45, 2.75) is 20.8 Å². The Labute approximate surface area is 174 Å². The van der Waals surface area contributed by atoms with E-state index in [0.717, 1.165) is 16.7 Å². The molecule has 150 valence electrons. The van der Waals surface area contributed by atoms with Crippen LogP contribution >= 0.6 is 0 Å². The first kappa shape index (κ1) is 19.6. The van der Waals surface area contributed by atoms with E-state index in [-0.39, 0.29) is 11.3 Å². The van der Waals surface area contributed by atoms with E-state index < -0.39 is 17.6 Å².